The lowest BCUT2D eigenvalue weighted by molar-refractivity contribution is 0.347. The van der Waals surface area contributed by atoms with Gasteiger partial charge in [0.25, 0.3) is 0 Å². The molecule has 3 aromatic rings. The van der Waals surface area contributed by atoms with Crippen molar-refractivity contribution < 1.29 is 0 Å². The molecule has 1 unspecified atom stereocenters. The van der Waals surface area contributed by atoms with E-state index in [0.29, 0.717) is 0 Å². The van der Waals surface area contributed by atoms with E-state index in [1.807, 2.05) is 0 Å². The zero-order chi connectivity index (χ0) is 18.1. The third-order valence-electron chi connectivity index (χ3n) is 6.18. The Bertz CT molecular complexity index is 934. The molecule has 0 saturated carbocycles. The predicted octanol–water partition coefficient (Wildman–Crippen LogP) is 4.88. The van der Waals surface area contributed by atoms with E-state index in [9.17, 15) is 0 Å². The van der Waals surface area contributed by atoms with Crippen molar-refractivity contribution in [1.82, 2.24) is 5.32 Å². The highest BCUT2D eigenvalue weighted by Crippen LogP contribution is 2.45. The van der Waals surface area contributed by atoms with Crippen LogP contribution in [0, 0.1) is 0 Å². The van der Waals surface area contributed by atoms with Gasteiger partial charge in [-0.3, -0.25) is 5.32 Å². The van der Waals surface area contributed by atoms with Crippen LogP contribution in [0.3, 0.4) is 0 Å². The van der Waals surface area contributed by atoms with E-state index in [4.69, 9.17) is 0 Å². The number of fused-ring (bicyclic) bond motifs is 5. The molecule has 0 aliphatic carbocycles. The van der Waals surface area contributed by atoms with Crippen molar-refractivity contribution in [2.45, 2.75) is 31.3 Å². The topological polar surface area (TPSA) is 15.3 Å². The van der Waals surface area contributed by atoms with Gasteiger partial charge in [-0.05, 0) is 54.0 Å². The number of nitrogens with one attached hydrogen (secondary N) is 1. The minimum absolute atomic E-state index is 0.0853. The molecule has 1 N–H and O–H groups in total. The molecular formula is C25H26N2. The second-order valence-corrected chi connectivity index (χ2v) is 7.74. The Hall–Kier alpha value is -2.58. The average Bonchev–Trinajstić information content (AvgIpc) is 3.10. The SMILES string of the molecule is c1ccc(CCNC23CCCN2c2ccccc2Cc2ccccc23)cc1. The van der Waals surface area contributed by atoms with Crippen LogP contribution in [-0.2, 0) is 18.5 Å². The normalized spacial score (nSPS) is 20.5. The summed E-state index contributed by atoms with van der Waals surface area (Å²) in [6.07, 6.45) is 4.46. The number of para-hydroxylation sites is 1. The summed E-state index contributed by atoms with van der Waals surface area (Å²) in [4.78, 5) is 2.64. The maximum absolute atomic E-state index is 4.01. The summed E-state index contributed by atoms with van der Waals surface area (Å²) >= 11 is 0. The molecule has 0 spiro atoms. The summed E-state index contributed by atoms with van der Waals surface area (Å²) in [5.74, 6) is 0. The molecule has 0 amide bonds. The van der Waals surface area contributed by atoms with Crippen LogP contribution < -0.4 is 10.2 Å². The zero-order valence-electron chi connectivity index (χ0n) is 15.7. The quantitative estimate of drug-likeness (QED) is 0.719. The van der Waals surface area contributed by atoms with Gasteiger partial charge in [0, 0.05) is 18.8 Å². The minimum atomic E-state index is -0.0853. The molecule has 2 aliphatic rings. The molecule has 0 aromatic heterocycles. The molecule has 3 aromatic carbocycles. The van der Waals surface area contributed by atoms with E-state index in [0.717, 1.165) is 32.4 Å². The number of hydrogen-bond donors (Lipinski definition) is 1. The maximum Gasteiger partial charge on any atom is 0.117 e. The second kappa shape index (κ2) is 6.86. The molecule has 2 heterocycles. The Kier molecular flexibility index (Phi) is 4.21. The number of benzene rings is 3. The van der Waals surface area contributed by atoms with Crippen molar-refractivity contribution in [2.75, 3.05) is 18.0 Å². The Morgan fingerprint density at radius 3 is 2.44 bits per heavy atom. The number of anilines is 1. The van der Waals surface area contributed by atoms with E-state index in [-0.39, 0.29) is 5.66 Å². The van der Waals surface area contributed by atoms with Crippen molar-refractivity contribution in [1.29, 1.82) is 0 Å². The van der Waals surface area contributed by atoms with Crippen molar-refractivity contribution in [3.05, 3.63) is 101 Å². The lowest BCUT2D eigenvalue weighted by Crippen LogP contribution is -2.53. The van der Waals surface area contributed by atoms with Crippen molar-refractivity contribution >= 4 is 5.69 Å². The van der Waals surface area contributed by atoms with Gasteiger partial charge in [0.1, 0.15) is 5.66 Å². The van der Waals surface area contributed by atoms with Crippen molar-refractivity contribution in [2.24, 2.45) is 0 Å². The number of nitrogens with zero attached hydrogens (tertiary/aromatic N) is 1. The molecule has 2 heteroatoms. The summed E-state index contributed by atoms with van der Waals surface area (Å²) < 4.78 is 0. The lowest BCUT2D eigenvalue weighted by Gasteiger charge is -2.41. The molecule has 1 atom stereocenters. The Morgan fingerprint density at radius 1 is 0.815 bits per heavy atom. The van der Waals surface area contributed by atoms with Gasteiger partial charge >= 0.3 is 0 Å². The predicted molar refractivity (Wildman–Crippen MR) is 112 cm³/mol. The Balaban J connectivity index is 1.54. The molecule has 1 saturated heterocycles. The first-order chi connectivity index (χ1) is 13.4. The van der Waals surface area contributed by atoms with E-state index in [1.165, 1.54) is 34.4 Å². The first-order valence-corrected chi connectivity index (χ1v) is 10.1. The Labute approximate surface area is 161 Å². The zero-order valence-corrected chi connectivity index (χ0v) is 15.7. The largest absolute Gasteiger partial charge is 0.349 e. The van der Waals surface area contributed by atoms with Gasteiger partial charge in [-0.15, -0.1) is 0 Å². The van der Waals surface area contributed by atoms with Crippen molar-refractivity contribution in [3.8, 4) is 0 Å². The standard InChI is InChI=1S/C25H26N2/c1-2-9-20(10-3-1)15-17-26-25-16-8-18-27(25)24-14-7-5-12-22(24)19-21-11-4-6-13-23(21)25/h1-7,9-14,26H,8,15-19H2. The van der Waals surface area contributed by atoms with Crippen LogP contribution in [-0.4, -0.2) is 13.1 Å². The van der Waals surface area contributed by atoms with Crippen LogP contribution in [0.5, 0.6) is 0 Å². The van der Waals surface area contributed by atoms with Gasteiger partial charge in [0.15, 0.2) is 0 Å². The fourth-order valence-electron chi connectivity index (χ4n) is 4.97. The molecule has 2 nitrogen and oxygen atoms in total. The van der Waals surface area contributed by atoms with Crippen molar-refractivity contribution in [3.63, 3.8) is 0 Å². The maximum atomic E-state index is 4.01. The molecular weight excluding hydrogens is 328 g/mol. The number of rotatable bonds is 4. The summed E-state index contributed by atoms with van der Waals surface area (Å²) in [6.45, 7) is 2.10. The van der Waals surface area contributed by atoms with E-state index < -0.39 is 0 Å². The van der Waals surface area contributed by atoms with E-state index in [2.05, 4.69) is 89.1 Å². The summed E-state index contributed by atoms with van der Waals surface area (Å²) in [6, 6.07) is 28.8. The van der Waals surface area contributed by atoms with Crippen LogP contribution in [0.2, 0.25) is 0 Å². The minimum Gasteiger partial charge on any atom is -0.349 e. The third kappa shape index (κ3) is 2.85. The molecule has 1 fully saturated rings. The van der Waals surface area contributed by atoms with Crippen LogP contribution in [0.1, 0.15) is 35.1 Å². The fraction of sp³-hybridized carbons (Fsp3) is 0.280. The molecule has 0 bridgehead atoms. The van der Waals surface area contributed by atoms with Crippen LogP contribution >= 0.6 is 0 Å². The molecule has 5 rings (SSSR count). The van der Waals surface area contributed by atoms with Crippen LogP contribution in [0.25, 0.3) is 0 Å². The number of hydrogen-bond acceptors (Lipinski definition) is 2. The van der Waals surface area contributed by atoms with Crippen LogP contribution in [0.4, 0.5) is 5.69 Å². The average molecular weight is 354 g/mol. The monoisotopic (exact) mass is 354 g/mol. The van der Waals surface area contributed by atoms with Crippen LogP contribution in [0.15, 0.2) is 78.9 Å². The van der Waals surface area contributed by atoms with Gasteiger partial charge in [0.2, 0.25) is 0 Å². The summed E-state index contributed by atoms with van der Waals surface area (Å²) in [7, 11) is 0. The smallest absolute Gasteiger partial charge is 0.117 e. The van der Waals surface area contributed by atoms with E-state index >= 15 is 0 Å². The van der Waals surface area contributed by atoms with Gasteiger partial charge in [-0.25, -0.2) is 0 Å². The first-order valence-electron chi connectivity index (χ1n) is 10.1. The van der Waals surface area contributed by atoms with Gasteiger partial charge < -0.3 is 4.90 Å². The van der Waals surface area contributed by atoms with Gasteiger partial charge in [0.05, 0.1) is 0 Å². The molecule has 136 valence electrons. The third-order valence-corrected chi connectivity index (χ3v) is 6.18. The fourth-order valence-corrected chi connectivity index (χ4v) is 4.97. The van der Waals surface area contributed by atoms with Gasteiger partial charge in [-0.2, -0.15) is 0 Å². The van der Waals surface area contributed by atoms with Gasteiger partial charge in [-0.1, -0.05) is 72.8 Å². The highest BCUT2D eigenvalue weighted by molar-refractivity contribution is 5.63. The highest BCUT2D eigenvalue weighted by atomic mass is 15.3. The summed E-state index contributed by atoms with van der Waals surface area (Å²) in [5, 5.41) is 4.01. The Morgan fingerprint density at radius 2 is 1.56 bits per heavy atom. The second-order valence-electron chi connectivity index (χ2n) is 7.74. The molecule has 0 radical (unpaired) electrons. The highest BCUT2D eigenvalue weighted by Gasteiger charge is 2.45. The molecule has 27 heavy (non-hydrogen) atoms. The first kappa shape index (κ1) is 16.6. The van der Waals surface area contributed by atoms with E-state index in [1.54, 1.807) is 0 Å². The lowest BCUT2D eigenvalue weighted by atomic mass is 9.90. The summed E-state index contributed by atoms with van der Waals surface area (Å²) in [5.41, 5.74) is 7.08. The molecule has 2 aliphatic heterocycles.